The summed E-state index contributed by atoms with van der Waals surface area (Å²) < 4.78 is 0. The van der Waals surface area contributed by atoms with E-state index in [1.807, 2.05) is 6.20 Å². The fraction of sp³-hybridized carbons (Fsp3) is 0.400. The number of aryl methyl sites for hydroxylation is 1. The molecule has 4 rings (SSSR count). The molecule has 1 N–H and O–H groups in total. The monoisotopic (exact) mass is 320 g/mol. The van der Waals surface area contributed by atoms with Crippen molar-refractivity contribution in [2.75, 3.05) is 6.54 Å². The predicted molar refractivity (Wildman–Crippen MR) is 97.0 cm³/mol. The summed E-state index contributed by atoms with van der Waals surface area (Å²) in [5.74, 6) is 1.33. The number of rotatable bonds is 3. The molecule has 2 aromatic heterocycles. The van der Waals surface area contributed by atoms with Crippen LogP contribution in [0.5, 0.6) is 0 Å². The summed E-state index contributed by atoms with van der Waals surface area (Å²) in [5.41, 5.74) is 6.43. The van der Waals surface area contributed by atoms with E-state index >= 15 is 0 Å². The van der Waals surface area contributed by atoms with Crippen molar-refractivity contribution in [2.45, 2.75) is 46.2 Å². The number of benzene rings is 1. The Bertz CT molecular complexity index is 878. The van der Waals surface area contributed by atoms with Crippen LogP contribution in [0.3, 0.4) is 0 Å². The fourth-order valence-corrected chi connectivity index (χ4v) is 3.55. The van der Waals surface area contributed by atoms with Gasteiger partial charge in [0.2, 0.25) is 0 Å². The molecule has 4 nitrogen and oxygen atoms in total. The molecule has 1 aliphatic rings. The molecule has 0 unspecified atom stereocenters. The van der Waals surface area contributed by atoms with E-state index in [1.54, 1.807) is 0 Å². The van der Waals surface area contributed by atoms with Crippen molar-refractivity contribution in [3.05, 3.63) is 58.8 Å². The Balaban J connectivity index is 1.60. The standard InChI is InChI=1S/C20H24N4/c1-13(2)20-21-10-15-8-9-24(12-19(15)23-20)11-17-14(3)22-18-7-5-4-6-16(17)18/h4-7,10,13,22H,8-9,11-12H2,1-3H3. The van der Waals surface area contributed by atoms with Gasteiger partial charge in [0, 0.05) is 48.3 Å². The summed E-state index contributed by atoms with van der Waals surface area (Å²) in [6.45, 7) is 9.42. The lowest BCUT2D eigenvalue weighted by atomic mass is 10.0. The van der Waals surface area contributed by atoms with E-state index in [1.165, 1.54) is 33.4 Å². The molecule has 24 heavy (non-hydrogen) atoms. The SMILES string of the molecule is Cc1[nH]c2ccccc2c1CN1CCc2cnc(C(C)C)nc2C1. The largest absolute Gasteiger partial charge is 0.358 e. The molecule has 3 heterocycles. The molecule has 1 aliphatic heterocycles. The minimum atomic E-state index is 0.376. The molecule has 0 saturated carbocycles. The van der Waals surface area contributed by atoms with Crippen LogP contribution < -0.4 is 0 Å². The molecule has 0 radical (unpaired) electrons. The lowest BCUT2D eigenvalue weighted by Crippen LogP contribution is -2.31. The Hall–Kier alpha value is -2.20. The third kappa shape index (κ3) is 2.71. The van der Waals surface area contributed by atoms with Gasteiger partial charge in [0.1, 0.15) is 5.82 Å². The van der Waals surface area contributed by atoms with Crippen LogP contribution in [-0.4, -0.2) is 26.4 Å². The molecule has 0 fully saturated rings. The van der Waals surface area contributed by atoms with Crippen molar-refractivity contribution in [3.63, 3.8) is 0 Å². The molecule has 0 bridgehead atoms. The second kappa shape index (κ2) is 6.02. The highest BCUT2D eigenvalue weighted by Gasteiger charge is 2.21. The van der Waals surface area contributed by atoms with Crippen molar-refractivity contribution >= 4 is 10.9 Å². The van der Waals surface area contributed by atoms with Crippen molar-refractivity contribution < 1.29 is 0 Å². The molecule has 1 aromatic carbocycles. The quantitative estimate of drug-likeness (QED) is 0.795. The fourth-order valence-electron chi connectivity index (χ4n) is 3.55. The van der Waals surface area contributed by atoms with Gasteiger partial charge in [0.05, 0.1) is 5.69 Å². The lowest BCUT2D eigenvalue weighted by Gasteiger charge is -2.28. The van der Waals surface area contributed by atoms with Crippen LogP contribution in [-0.2, 0) is 19.5 Å². The molecule has 0 spiro atoms. The van der Waals surface area contributed by atoms with Gasteiger partial charge in [-0.05, 0) is 30.5 Å². The second-order valence-corrected chi connectivity index (χ2v) is 7.09. The number of aromatic amines is 1. The van der Waals surface area contributed by atoms with E-state index in [4.69, 9.17) is 4.98 Å². The van der Waals surface area contributed by atoms with Crippen molar-refractivity contribution in [3.8, 4) is 0 Å². The highest BCUT2D eigenvalue weighted by molar-refractivity contribution is 5.84. The maximum absolute atomic E-state index is 4.82. The summed E-state index contributed by atoms with van der Waals surface area (Å²) in [5, 5.41) is 1.34. The Morgan fingerprint density at radius 1 is 1.25 bits per heavy atom. The van der Waals surface area contributed by atoms with Crippen molar-refractivity contribution in [2.24, 2.45) is 0 Å². The minimum Gasteiger partial charge on any atom is -0.358 e. The van der Waals surface area contributed by atoms with Crippen LogP contribution in [0.2, 0.25) is 0 Å². The van der Waals surface area contributed by atoms with Crippen LogP contribution in [0.25, 0.3) is 10.9 Å². The molecule has 0 amide bonds. The summed E-state index contributed by atoms with van der Waals surface area (Å²) in [4.78, 5) is 15.3. The second-order valence-electron chi connectivity index (χ2n) is 7.09. The molecule has 0 aliphatic carbocycles. The summed E-state index contributed by atoms with van der Waals surface area (Å²) in [7, 11) is 0. The molecular formula is C20H24N4. The third-order valence-corrected chi connectivity index (χ3v) is 4.97. The smallest absolute Gasteiger partial charge is 0.131 e. The van der Waals surface area contributed by atoms with Gasteiger partial charge in [0.25, 0.3) is 0 Å². The Morgan fingerprint density at radius 3 is 2.92 bits per heavy atom. The van der Waals surface area contributed by atoms with E-state index < -0.39 is 0 Å². The van der Waals surface area contributed by atoms with Gasteiger partial charge in [-0.3, -0.25) is 4.90 Å². The highest BCUT2D eigenvalue weighted by atomic mass is 15.1. The van der Waals surface area contributed by atoms with E-state index in [-0.39, 0.29) is 0 Å². The van der Waals surface area contributed by atoms with E-state index in [0.29, 0.717) is 5.92 Å². The molecular weight excluding hydrogens is 296 g/mol. The van der Waals surface area contributed by atoms with Gasteiger partial charge in [0.15, 0.2) is 0 Å². The zero-order valence-electron chi connectivity index (χ0n) is 14.6. The molecule has 124 valence electrons. The Kier molecular flexibility index (Phi) is 3.85. The molecule has 0 saturated heterocycles. The van der Waals surface area contributed by atoms with Crippen molar-refractivity contribution in [1.82, 2.24) is 19.9 Å². The zero-order valence-corrected chi connectivity index (χ0v) is 14.6. The third-order valence-electron chi connectivity index (χ3n) is 4.97. The van der Waals surface area contributed by atoms with E-state index in [2.05, 4.69) is 59.9 Å². The van der Waals surface area contributed by atoms with Gasteiger partial charge < -0.3 is 4.98 Å². The van der Waals surface area contributed by atoms with Crippen molar-refractivity contribution in [1.29, 1.82) is 0 Å². The first-order valence-electron chi connectivity index (χ1n) is 8.75. The van der Waals surface area contributed by atoms with Gasteiger partial charge in [-0.15, -0.1) is 0 Å². The predicted octanol–water partition coefficient (Wildman–Crippen LogP) is 3.95. The average molecular weight is 320 g/mol. The maximum atomic E-state index is 4.82. The minimum absolute atomic E-state index is 0.376. The number of aromatic nitrogens is 3. The van der Waals surface area contributed by atoms with Gasteiger partial charge in [-0.2, -0.15) is 0 Å². The number of H-pyrrole nitrogens is 1. The van der Waals surface area contributed by atoms with Crippen LogP contribution in [0, 0.1) is 6.92 Å². The lowest BCUT2D eigenvalue weighted by molar-refractivity contribution is 0.241. The first kappa shape index (κ1) is 15.3. The first-order valence-corrected chi connectivity index (χ1v) is 8.75. The van der Waals surface area contributed by atoms with Crippen LogP contribution in [0.1, 0.15) is 48.1 Å². The molecule has 3 aromatic rings. The number of hydrogen-bond acceptors (Lipinski definition) is 3. The number of nitrogens with one attached hydrogen (secondary N) is 1. The normalized spacial score (nSPS) is 15.2. The molecule has 4 heteroatoms. The van der Waals surface area contributed by atoms with Crippen LogP contribution >= 0.6 is 0 Å². The van der Waals surface area contributed by atoms with Gasteiger partial charge in [-0.1, -0.05) is 32.0 Å². The van der Waals surface area contributed by atoms with E-state index in [9.17, 15) is 0 Å². The van der Waals surface area contributed by atoms with E-state index in [0.717, 1.165) is 31.9 Å². The van der Waals surface area contributed by atoms with Gasteiger partial charge >= 0.3 is 0 Å². The first-order chi connectivity index (χ1) is 11.6. The number of nitrogens with zero attached hydrogens (tertiary/aromatic N) is 3. The van der Waals surface area contributed by atoms with Crippen LogP contribution in [0.4, 0.5) is 0 Å². The maximum Gasteiger partial charge on any atom is 0.131 e. The number of fused-ring (bicyclic) bond motifs is 2. The summed E-state index contributed by atoms with van der Waals surface area (Å²) in [6.07, 6.45) is 3.07. The average Bonchev–Trinajstić information content (AvgIpc) is 2.90. The van der Waals surface area contributed by atoms with Crippen LogP contribution in [0.15, 0.2) is 30.5 Å². The van der Waals surface area contributed by atoms with Gasteiger partial charge in [-0.25, -0.2) is 9.97 Å². The Labute approximate surface area is 142 Å². The Morgan fingerprint density at radius 2 is 2.08 bits per heavy atom. The molecule has 0 atom stereocenters. The number of para-hydroxylation sites is 1. The number of hydrogen-bond donors (Lipinski definition) is 1. The highest BCUT2D eigenvalue weighted by Crippen LogP contribution is 2.26. The topological polar surface area (TPSA) is 44.8 Å². The summed E-state index contributed by atoms with van der Waals surface area (Å²) >= 11 is 0. The summed E-state index contributed by atoms with van der Waals surface area (Å²) in [6, 6.07) is 8.57. The zero-order chi connectivity index (χ0) is 16.7.